The van der Waals surface area contributed by atoms with Crippen LogP contribution in [-0.2, 0) is 18.2 Å². The molecule has 20 heavy (non-hydrogen) atoms. The number of hydrogen-bond acceptors (Lipinski definition) is 3. The van der Waals surface area contributed by atoms with Gasteiger partial charge in [0.2, 0.25) is 0 Å². The summed E-state index contributed by atoms with van der Waals surface area (Å²) in [6.07, 6.45) is 3.03. The summed E-state index contributed by atoms with van der Waals surface area (Å²) < 4.78 is 9.72. The van der Waals surface area contributed by atoms with Gasteiger partial charge in [0.15, 0.2) is 5.65 Å². The van der Waals surface area contributed by atoms with Crippen LogP contribution in [0.25, 0.3) is 11.2 Å². The number of ether oxygens (including phenoxy) is 1. The highest BCUT2D eigenvalue weighted by molar-refractivity contribution is 6.20. The number of nitrogens with zero attached hydrogens (tertiary/aromatic N) is 4. The first-order valence-corrected chi connectivity index (χ1v) is 7.72. The minimum Gasteiger partial charge on any atom is -0.379 e. The Balaban J connectivity index is 2.20. The second-order valence-corrected chi connectivity index (χ2v) is 6.12. The summed E-state index contributed by atoms with van der Waals surface area (Å²) in [6.45, 7) is 5.67. The van der Waals surface area contributed by atoms with E-state index < -0.39 is 0 Å². The van der Waals surface area contributed by atoms with Gasteiger partial charge in [-0.3, -0.25) is 4.68 Å². The molecule has 3 heterocycles. The first-order chi connectivity index (χ1) is 9.63. The molecule has 2 atom stereocenters. The molecule has 6 heteroatoms. The standard InChI is InChI=1S/C14H21ClN4O/c1-4-5-11-12-14(18(3)17-11)19(10-6-7-20-8-10)13(16-12)9(2)15/h9-10H,4-8H2,1-3H3. The molecule has 1 aliphatic rings. The van der Waals surface area contributed by atoms with Crippen LogP contribution < -0.4 is 0 Å². The largest absolute Gasteiger partial charge is 0.379 e. The molecular weight excluding hydrogens is 276 g/mol. The average molecular weight is 297 g/mol. The first kappa shape index (κ1) is 13.9. The minimum absolute atomic E-state index is 0.113. The molecule has 0 bridgehead atoms. The van der Waals surface area contributed by atoms with Gasteiger partial charge in [-0.25, -0.2) is 4.98 Å². The number of imidazole rings is 1. The molecule has 0 aromatic carbocycles. The fourth-order valence-corrected chi connectivity index (χ4v) is 3.15. The SMILES string of the molecule is CCCc1nn(C)c2c1nc(C(C)Cl)n2C1CCOC1. The van der Waals surface area contributed by atoms with Gasteiger partial charge in [0.05, 0.1) is 23.7 Å². The van der Waals surface area contributed by atoms with Crippen molar-refractivity contribution in [2.75, 3.05) is 13.2 Å². The molecule has 0 saturated carbocycles. The summed E-state index contributed by atoms with van der Waals surface area (Å²) in [5, 5.41) is 4.51. The van der Waals surface area contributed by atoms with Crippen LogP contribution in [0.15, 0.2) is 0 Å². The van der Waals surface area contributed by atoms with Crippen LogP contribution in [0.2, 0.25) is 0 Å². The zero-order chi connectivity index (χ0) is 14.3. The van der Waals surface area contributed by atoms with Gasteiger partial charge in [-0.2, -0.15) is 5.10 Å². The maximum Gasteiger partial charge on any atom is 0.159 e. The summed E-state index contributed by atoms with van der Waals surface area (Å²) in [6, 6.07) is 0.320. The van der Waals surface area contributed by atoms with Gasteiger partial charge >= 0.3 is 0 Å². The van der Waals surface area contributed by atoms with Crippen LogP contribution in [0.4, 0.5) is 0 Å². The Hall–Kier alpha value is -1.07. The Morgan fingerprint density at radius 1 is 1.50 bits per heavy atom. The fraction of sp³-hybridized carbons (Fsp3) is 0.714. The van der Waals surface area contributed by atoms with E-state index in [0.717, 1.165) is 55.2 Å². The van der Waals surface area contributed by atoms with E-state index in [4.69, 9.17) is 21.3 Å². The van der Waals surface area contributed by atoms with Crippen LogP contribution in [0.1, 0.15) is 49.6 Å². The predicted octanol–water partition coefficient (Wildman–Crippen LogP) is 2.98. The summed E-state index contributed by atoms with van der Waals surface area (Å²) in [5.74, 6) is 0.933. The van der Waals surface area contributed by atoms with Crippen LogP contribution in [0.5, 0.6) is 0 Å². The lowest BCUT2D eigenvalue weighted by Crippen LogP contribution is -2.15. The Labute approximate surface area is 123 Å². The Bertz CT molecular complexity index is 610. The van der Waals surface area contributed by atoms with E-state index in [1.165, 1.54) is 0 Å². The molecule has 5 nitrogen and oxygen atoms in total. The molecule has 2 aromatic rings. The Kier molecular flexibility index (Phi) is 3.73. The number of fused-ring (bicyclic) bond motifs is 1. The highest BCUT2D eigenvalue weighted by atomic mass is 35.5. The van der Waals surface area contributed by atoms with Gasteiger partial charge in [-0.15, -0.1) is 11.6 Å². The smallest absolute Gasteiger partial charge is 0.159 e. The molecule has 0 radical (unpaired) electrons. The van der Waals surface area contributed by atoms with Gasteiger partial charge < -0.3 is 9.30 Å². The number of rotatable bonds is 4. The van der Waals surface area contributed by atoms with Crippen molar-refractivity contribution in [3.8, 4) is 0 Å². The fourth-order valence-electron chi connectivity index (χ4n) is 2.99. The Morgan fingerprint density at radius 3 is 2.90 bits per heavy atom. The third kappa shape index (κ3) is 2.13. The number of aromatic nitrogens is 4. The lowest BCUT2D eigenvalue weighted by atomic mass is 10.2. The summed E-state index contributed by atoms with van der Waals surface area (Å²) in [7, 11) is 1.98. The van der Waals surface area contributed by atoms with Crippen molar-refractivity contribution in [3.63, 3.8) is 0 Å². The molecule has 0 aliphatic carbocycles. The Morgan fingerprint density at radius 2 is 2.30 bits per heavy atom. The predicted molar refractivity (Wildman–Crippen MR) is 79.2 cm³/mol. The molecule has 2 unspecified atom stereocenters. The lowest BCUT2D eigenvalue weighted by molar-refractivity contribution is 0.186. The van der Waals surface area contributed by atoms with Crippen LogP contribution >= 0.6 is 11.6 Å². The van der Waals surface area contributed by atoms with Crippen LogP contribution in [0, 0.1) is 0 Å². The van der Waals surface area contributed by atoms with Gasteiger partial charge in [-0.1, -0.05) is 13.3 Å². The molecule has 0 spiro atoms. The highest BCUT2D eigenvalue weighted by Crippen LogP contribution is 2.32. The zero-order valence-electron chi connectivity index (χ0n) is 12.3. The van der Waals surface area contributed by atoms with E-state index in [1.54, 1.807) is 0 Å². The second kappa shape index (κ2) is 5.37. The van der Waals surface area contributed by atoms with Crippen molar-refractivity contribution in [3.05, 3.63) is 11.5 Å². The van der Waals surface area contributed by atoms with E-state index in [2.05, 4.69) is 16.6 Å². The molecular formula is C14H21ClN4O. The van der Waals surface area contributed by atoms with Crippen molar-refractivity contribution in [1.29, 1.82) is 0 Å². The molecule has 0 amide bonds. The van der Waals surface area contributed by atoms with Gasteiger partial charge in [0.1, 0.15) is 11.3 Å². The van der Waals surface area contributed by atoms with Gasteiger partial charge in [-0.05, 0) is 19.8 Å². The average Bonchev–Trinajstić information content (AvgIpc) is 3.08. The summed E-state index contributed by atoms with van der Waals surface area (Å²) >= 11 is 6.34. The number of alkyl halides is 1. The van der Waals surface area contributed by atoms with E-state index >= 15 is 0 Å². The van der Waals surface area contributed by atoms with Crippen molar-refractivity contribution in [2.45, 2.75) is 44.5 Å². The normalized spacial score (nSPS) is 20.9. The van der Waals surface area contributed by atoms with E-state index in [9.17, 15) is 0 Å². The summed E-state index contributed by atoms with van der Waals surface area (Å²) in [5.41, 5.74) is 3.15. The quantitative estimate of drug-likeness (QED) is 0.815. The lowest BCUT2D eigenvalue weighted by Gasteiger charge is -2.16. The number of aryl methyl sites for hydroxylation is 2. The van der Waals surface area contributed by atoms with Crippen molar-refractivity contribution < 1.29 is 4.74 Å². The molecule has 2 aromatic heterocycles. The topological polar surface area (TPSA) is 44.9 Å². The summed E-state index contributed by atoms with van der Waals surface area (Å²) in [4.78, 5) is 4.79. The monoisotopic (exact) mass is 296 g/mol. The number of halogens is 1. The molecule has 0 N–H and O–H groups in total. The zero-order valence-corrected chi connectivity index (χ0v) is 13.0. The third-order valence-corrected chi connectivity index (χ3v) is 4.07. The molecule has 1 fully saturated rings. The van der Waals surface area contributed by atoms with Crippen LogP contribution in [-0.4, -0.2) is 32.5 Å². The van der Waals surface area contributed by atoms with Crippen molar-refractivity contribution in [2.24, 2.45) is 7.05 Å². The second-order valence-electron chi connectivity index (χ2n) is 5.47. The van der Waals surface area contributed by atoms with E-state index in [1.807, 2.05) is 18.7 Å². The highest BCUT2D eigenvalue weighted by Gasteiger charge is 2.28. The van der Waals surface area contributed by atoms with Crippen LogP contribution in [0.3, 0.4) is 0 Å². The third-order valence-electron chi connectivity index (χ3n) is 3.88. The van der Waals surface area contributed by atoms with E-state index in [-0.39, 0.29) is 5.38 Å². The van der Waals surface area contributed by atoms with Crippen molar-refractivity contribution in [1.82, 2.24) is 19.3 Å². The van der Waals surface area contributed by atoms with Gasteiger partial charge in [0.25, 0.3) is 0 Å². The van der Waals surface area contributed by atoms with Gasteiger partial charge in [0, 0.05) is 13.7 Å². The van der Waals surface area contributed by atoms with Crippen molar-refractivity contribution >= 4 is 22.8 Å². The van der Waals surface area contributed by atoms with E-state index in [0.29, 0.717) is 6.04 Å². The number of hydrogen-bond donors (Lipinski definition) is 0. The molecule has 110 valence electrons. The minimum atomic E-state index is -0.113. The maximum absolute atomic E-state index is 6.34. The first-order valence-electron chi connectivity index (χ1n) is 7.29. The molecule has 3 rings (SSSR count). The maximum atomic E-state index is 6.34. The molecule has 1 aliphatic heterocycles. The molecule has 1 saturated heterocycles.